The Kier molecular flexibility index (Phi) is 3.92. The van der Waals surface area contributed by atoms with Crippen molar-refractivity contribution in [3.05, 3.63) is 76.4 Å². The number of phenolic OH excluding ortho intramolecular Hbond substituents is 1. The number of aromatic hydroxyl groups is 1. The van der Waals surface area contributed by atoms with Crippen LogP contribution in [0.4, 0.5) is 13.2 Å². The molecule has 0 aliphatic heterocycles. The van der Waals surface area contributed by atoms with Gasteiger partial charge in [0.05, 0.1) is 10.4 Å². The van der Waals surface area contributed by atoms with E-state index in [1.165, 1.54) is 6.07 Å². The normalized spacial score (nSPS) is 10.7. The third-order valence-electron chi connectivity index (χ3n) is 3.27. The summed E-state index contributed by atoms with van der Waals surface area (Å²) in [5, 5.41) is 9.21. The maximum absolute atomic E-state index is 13.8. The van der Waals surface area contributed by atoms with Crippen molar-refractivity contribution >= 4 is 17.1 Å². The molecule has 0 aliphatic rings. The minimum atomic E-state index is -1.71. The molecule has 3 aromatic rings. The molecular weight excluding hydrogens is 325 g/mol. The molecule has 0 atom stereocenters. The summed E-state index contributed by atoms with van der Waals surface area (Å²) in [6.07, 6.45) is 0. The lowest BCUT2D eigenvalue weighted by Crippen LogP contribution is -2.05. The predicted molar refractivity (Wildman–Crippen MR) is 81.2 cm³/mol. The van der Waals surface area contributed by atoms with Crippen molar-refractivity contribution in [2.45, 2.75) is 0 Å². The minimum Gasteiger partial charge on any atom is -0.503 e. The lowest BCUT2D eigenvalue weighted by Gasteiger charge is -2.04. The van der Waals surface area contributed by atoms with Crippen LogP contribution in [0.25, 0.3) is 10.4 Å². The summed E-state index contributed by atoms with van der Waals surface area (Å²) in [6.45, 7) is 0. The van der Waals surface area contributed by atoms with Crippen molar-refractivity contribution in [3.63, 3.8) is 0 Å². The number of thiophene rings is 1. The van der Waals surface area contributed by atoms with E-state index in [0.29, 0.717) is 6.07 Å². The average molecular weight is 334 g/mol. The molecule has 1 N–H and O–H groups in total. The van der Waals surface area contributed by atoms with Gasteiger partial charge in [-0.15, -0.1) is 11.3 Å². The lowest BCUT2D eigenvalue weighted by atomic mass is 10.1. The number of ketones is 1. The molecule has 0 aliphatic carbocycles. The molecule has 0 spiro atoms. The molecule has 116 valence electrons. The zero-order valence-corrected chi connectivity index (χ0v) is 12.3. The van der Waals surface area contributed by atoms with Gasteiger partial charge in [0.2, 0.25) is 11.6 Å². The molecule has 6 heteroatoms. The van der Waals surface area contributed by atoms with Crippen LogP contribution < -0.4 is 0 Å². The summed E-state index contributed by atoms with van der Waals surface area (Å²) in [5.74, 6) is -6.97. The van der Waals surface area contributed by atoms with Gasteiger partial charge >= 0.3 is 0 Å². The molecule has 0 saturated carbocycles. The van der Waals surface area contributed by atoms with Gasteiger partial charge in [-0.1, -0.05) is 30.3 Å². The summed E-state index contributed by atoms with van der Waals surface area (Å²) in [5.41, 5.74) is 0.174. The van der Waals surface area contributed by atoms with Crippen LogP contribution in [0, 0.1) is 17.5 Å². The van der Waals surface area contributed by atoms with Crippen molar-refractivity contribution < 1.29 is 23.1 Å². The molecular formula is C17H9F3O2S. The highest BCUT2D eigenvalue weighted by molar-refractivity contribution is 7.17. The molecule has 0 radical (unpaired) electrons. The Hall–Kier alpha value is -2.60. The first-order valence-electron chi connectivity index (χ1n) is 6.55. The number of hydrogen-bond donors (Lipinski definition) is 1. The van der Waals surface area contributed by atoms with Crippen LogP contribution in [-0.4, -0.2) is 10.9 Å². The second kappa shape index (κ2) is 5.89. The van der Waals surface area contributed by atoms with Gasteiger partial charge in [0.25, 0.3) is 0 Å². The fourth-order valence-electron chi connectivity index (χ4n) is 2.11. The van der Waals surface area contributed by atoms with Crippen molar-refractivity contribution in [1.82, 2.24) is 0 Å². The number of hydrogen-bond acceptors (Lipinski definition) is 3. The van der Waals surface area contributed by atoms with E-state index in [0.717, 1.165) is 21.8 Å². The predicted octanol–water partition coefficient (Wildman–Crippen LogP) is 4.77. The van der Waals surface area contributed by atoms with Gasteiger partial charge in [-0.3, -0.25) is 4.79 Å². The fraction of sp³-hybridized carbons (Fsp3) is 0. The second-order valence-electron chi connectivity index (χ2n) is 4.74. The fourth-order valence-corrected chi connectivity index (χ4v) is 3.07. The third kappa shape index (κ3) is 2.73. The Balaban J connectivity index is 2.01. The van der Waals surface area contributed by atoms with E-state index >= 15 is 0 Å². The number of carbonyl (C=O) groups excluding carboxylic acids is 1. The van der Waals surface area contributed by atoms with E-state index in [4.69, 9.17) is 0 Å². The summed E-state index contributed by atoms with van der Waals surface area (Å²) in [4.78, 5) is 13.2. The van der Waals surface area contributed by atoms with Crippen LogP contribution in [0.5, 0.6) is 5.75 Å². The Morgan fingerprint density at radius 3 is 2.35 bits per heavy atom. The molecule has 0 saturated heterocycles. The topological polar surface area (TPSA) is 37.3 Å². The molecule has 0 amide bonds. The van der Waals surface area contributed by atoms with Crippen molar-refractivity contribution in [2.75, 3.05) is 0 Å². The minimum absolute atomic E-state index is 0.160. The molecule has 2 nitrogen and oxygen atoms in total. The van der Waals surface area contributed by atoms with Gasteiger partial charge in [-0.25, -0.2) is 8.78 Å². The quantitative estimate of drug-likeness (QED) is 0.553. The Bertz CT molecular complexity index is 888. The van der Waals surface area contributed by atoms with E-state index in [9.17, 15) is 23.1 Å². The maximum Gasteiger partial charge on any atom is 0.206 e. The highest BCUT2D eigenvalue weighted by Crippen LogP contribution is 2.32. The number of halogens is 3. The summed E-state index contributed by atoms with van der Waals surface area (Å²) >= 11 is 1.10. The van der Waals surface area contributed by atoms with Gasteiger partial charge < -0.3 is 5.11 Å². The number of rotatable bonds is 3. The zero-order chi connectivity index (χ0) is 16.6. The van der Waals surface area contributed by atoms with E-state index < -0.39 is 34.5 Å². The van der Waals surface area contributed by atoms with Crippen LogP contribution in [0.3, 0.4) is 0 Å². The monoisotopic (exact) mass is 334 g/mol. The number of benzene rings is 2. The molecule has 3 rings (SSSR count). The standard InChI is InChI=1S/C17H9F3O2S/c18-11-8-10(14(19)17(22)15(11)20)16(21)13-7-6-12(23-13)9-4-2-1-3-5-9/h1-8,22H. The second-order valence-corrected chi connectivity index (χ2v) is 5.83. The van der Waals surface area contributed by atoms with Gasteiger partial charge in [0.15, 0.2) is 17.4 Å². The van der Waals surface area contributed by atoms with Crippen LogP contribution in [0.1, 0.15) is 15.2 Å². The van der Waals surface area contributed by atoms with E-state index in [-0.39, 0.29) is 4.88 Å². The van der Waals surface area contributed by atoms with Crippen LogP contribution in [0.15, 0.2) is 48.5 Å². The maximum atomic E-state index is 13.8. The SMILES string of the molecule is O=C(c1ccc(-c2ccccc2)s1)c1cc(F)c(F)c(O)c1F. The largest absolute Gasteiger partial charge is 0.503 e. The van der Waals surface area contributed by atoms with Gasteiger partial charge in [-0.05, 0) is 23.8 Å². The smallest absolute Gasteiger partial charge is 0.206 e. The summed E-state index contributed by atoms with van der Waals surface area (Å²) in [6, 6.07) is 12.8. The highest BCUT2D eigenvalue weighted by atomic mass is 32.1. The van der Waals surface area contributed by atoms with E-state index in [2.05, 4.69) is 0 Å². The van der Waals surface area contributed by atoms with Crippen LogP contribution in [0.2, 0.25) is 0 Å². The molecule has 0 unspecified atom stereocenters. The average Bonchev–Trinajstić information content (AvgIpc) is 3.06. The van der Waals surface area contributed by atoms with Crippen molar-refractivity contribution in [2.24, 2.45) is 0 Å². The molecule has 23 heavy (non-hydrogen) atoms. The Labute approximate surface area is 133 Å². The molecule has 1 heterocycles. The van der Waals surface area contributed by atoms with Gasteiger partial charge in [0.1, 0.15) is 0 Å². The summed E-state index contributed by atoms with van der Waals surface area (Å²) in [7, 11) is 0. The first-order chi connectivity index (χ1) is 11.0. The highest BCUT2D eigenvalue weighted by Gasteiger charge is 2.24. The lowest BCUT2D eigenvalue weighted by molar-refractivity contribution is 0.103. The van der Waals surface area contributed by atoms with Crippen molar-refractivity contribution in [1.29, 1.82) is 0 Å². The Morgan fingerprint density at radius 1 is 0.957 bits per heavy atom. The molecule has 0 bridgehead atoms. The van der Waals surface area contributed by atoms with Crippen molar-refractivity contribution in [3.8, 4) is 16.2 Å². The van der Waals surface area contributed by atoms with E-state index in [1.807, 2.05) is 30.3 Å². The number of phenols is 1. The van der Waals surface area contributed by atoms with Gasteiger partial charge in [0, 0.05) is 4.88 Å². The first kappa shape index (κ1) is 15.3. The molecule has 2 aromatic carbocycles. The summed E-state index contributed by atoms with van der Waals surface area (Å²) < 4.78 is 40.2. The molecule has 0 fully saturated rings. The number of carbonyl (C=O) groups is 1. The first-order valence-corrected chi connectivity index (χ1v) is 7.37. The zero-order valence-electron chi connectivity index (χ0n) is 11.5. The van der Waals surface area contributed by atoms with Gasteiger partial charge in [-0.2, -0.15) is 4.39 Å². The van der Waals surface area contributed by atoms with Crippen LogP contribution >= 0.6 is 11.3 Å². The third-order valence-corrected chi connectivity index (χ3v) is 4.40. The Morgan fingerprint density at radius 2 is 1.65 bits per heavy atom. The van der Waals surface area contributed by atoms with E-state index in [1.54, 1.807) is 6.07 Å². The molecule has 1 aromatic heterocycles. The van der Waals surface area contributed by atoms with Crippen LogP contribution in [-0.2, 0) is 0 Å².